The van der Waals surface area contributed by atoms with Gasteiger partial charge in [0.1, 0.15) is 5.75 Å². The van der Waals surface area contributed by atoms with E-state index in [9.17, 15) is 9.59 Å². The van der Waals surface area contributed by atoms with Gasteiger partial charge in [-0.3, -0.25) is 4.79 Å². The number of ether oxygens (including phenoxy) is 1. The van der Waals surface area contributed by atoms with Crippen molar-refractivity contribution in [3.63, 3.8) is 0 Å². The Labute approximate surface area is 163 Å². The van der Waals surface area contributed by atoms with Crippen LogP contribution in [-0.2, 0) is 4.79 Å². The molecule has 0 aliphatic carbocycles. The number of carbonyl (C=O) groups is 2. The number of hydrogen-bond acceptors (Lipinski definition) is 3. The Balaban J connectivity index is 1.44. The largest absolute Gasteiger partial charge is 0.484 e. The van der Waals surface area contributed by atoms with E-state index in [-0.39, 0.29) is 18.5 Å². The van der Waals surface area contributed by atoms with Crippen LogP contribution in [-0.4, -0.2) is 54.5 Å². The number of rotatable bonds is 4. The van der Waals surface area contributed by atoms with E-state index >= 15 is 0 Å². The monoisotopic (exact) mass is 387 g/mol. The van der Waals surface area contributed by atoms with Gasteiger partial charge in [0.25, 0.3) is 5.91 Å². The van der Waals surface area contributed by atoms with Crippen LogP contribution in [0.15, 0.2) is 48.5 Å². The number of amides is 3. The quantitative estimate of drug-likeness (QED) is 0.874. The van der Waals surface area contributed by atoms with Gasteiger partial charge in [0.15, 0.2) is 6.61 Å². The first-order chi connectivity index (χ1) is 13.0. The minimum Gasteiger partial charge on any atom is -0.484 e. The predicted octanol–water partition coefficient (Wildman–Crippen LogP) is 3.40. The van der Waals surface area contributed by atoms with Crippen molar-refractivity contribution in [1.29, 1.82) is 0 Å². The van der Waals surface area contributed by atoms with Crippen LogP contribution in [0.4, 0.5) is 10.5 Å². The summed E-state index contributed by atoms with van der Waals surface area (Å²) >= 11 is 5.93. The van der Waals surface area contributed by atoms with Gasteiger partial charge in [-0.1, -0.05) is 35.4 Å². The first-order valence-electron chi connectivity index (χ1n) is 8.80. The standard InChI is InChI=1S/C20H22ClN3O3/c1-15-5-7-18(8-6-15)27-14-19(25)23-9-11-24(12-10-23)20(26)22-17-4-2-3-16(21)13-17/h2-8,13H,9-12,14H2,1H3,(H,22,26). The lowest BCUT2D eigenvalue weighted by Crippen LogP contribution is -2.52. The third-order valence-electron chi connectivity index (χ3n) is 4.38. The lowest BCUT2D eigenvalue weighted by molar-refractivity contribution is -0.134. The number of anilines is 1. The second-order valence-electron chi connectivity index (χ2n) is 6.41. The molecule has 1 saturated heterocycles. The van der Waals surface area contributed by atoms with Crippen LogP contribution in [0.25, 0.3) is 0 Å². The highest BCUT2D eigenvalue weighted by Crippen LogP contribution is 2.16. The molecule has 0 bridgehead atoms. The first-order valence-corrected chi connectivity index (χ1v) is 9.18. The molecule has 2 aromatic carbocycles. The fraction of sp³-hybridized carbons (Fsp3) is 0.300. The average Bonchev–Trinajstić information content (AvgIpc) is 2.67. The van der Waals surface area contributed by atoms with Crippen molar-refractivity contribution < 1.29 is 14.3 Å². The number of benzene rings is 2. The van der Waals surface area contributed by atoms with E-state index in [4.69, 9.17) is 16.3 Å². The zero-order valence-electron chi connectivity index (χ0n) is 15.2. The molecule has 1 fully saturated rings. The van der Waals surface area contributed by atoms with Crippen molar-refractivity contribution in [2.75, 3.05) is 38.1 Å². The molecular weight excluding hydrogens is 366 g/mol. The fourth-order valence-electron chi connectivity index (χ4n) is 2.80. The Morgan fingerprint density at radius 1 is 1.04 bits per heavy atom. The summed E-state index contributed by atoms with van der Waals surface area (Å²) in [6.07, 6.45) is 0. The van der Waals surface area contributed by atoms with Gasteiger partial charge in [0, 0.05) is 36.9 Å². The van der Waals surface area contributed by atoms with Gasteiger partial charge < -0.3 is 19.9 Å². The third-order valence-corrected chi connectivity index (χ3v) is 4.61. The summed E-state index contributed by atoms with van der Waals surface area (Å²) in [4.78, 5) is 28.1. The smallest absolute Gasteiger partial charge is 0.321 e. The summed E-state index contributed by atoms with van der Waals surface area (Å²) in [6, 6.07) is 14.4. The number of piperazine rings is 1. The number of hydrogen-bond donors (Lipinski definition) is 1. The maximum absolute atomic E-state index is 12.3. The molecule has 3 amide bonds. The van der Waals surface area contributed by atoms with Crippen molar-refractivity contribution in [2.24, 2.45) is 0 Å². The maximum Gasteiger partial charge on any atom is 0.321 e. The van der Waals surface area contributed by atoms with Crippen molar-refractivity contribution in [2.45, 2.75) is 6.92 Å². The SMILES string of the molecule is Cc1ccc(OCC(=O)N2CCN(C(=O)Nc3cccc(Cl)c3)CC2)cc1. The summed E-state index contributed by atoms with van der Waals surface area (Å²) in [5, 5.41) is 3.39. The van der Waals surface area contributed by atoms with Crippen molar-refractivity contribution >= 4 is 29.2 Å². The molecule has 6 nitrogen and oxygen atoms in total. The fourth-order valence-corrected chi connectivity index (χ4v) is 2.99. The van der Waals surface area contributed by atoms with E-state index in [1.165, 1.54) is 0 Å². The number of urea groups is 1. The van der Waals surface area contributed by atoms with Gasteiger partial charge in [-0.05, 0) is 37.3 Å². The van der Waals surface area contributed by atoms with Crippen LogP contribution in [0.1, 0.15) is 5.56 Å². The van der Waals surface area contributed by atoms with E-state index in [2.05, 4.69) is 5.32 Å². The molecule has 1 N–H and O–H groups in total. The van der Waals surface area contributed by atoms with Gasteiger partial charge >= 0.3 is 6.03 Å². The van der Waals surface area contributed by atoms with Crippen molar-refractivity contribution in [3.05, 3.63) is 59.1 Å². The molecule has 7 heteroatoms. The van der Waals surface area contributed by atoms with Crippen molar-refractivity contribution in [1.82, 2.24) is 9.80 Å². The molecule has 3 rings (SSSR count). The predicted molar refractivity (Wildman–Crippen MR) is 105 cm³/mol. The normalized spacial score (nSPS) is 14.0. The highest BCUT2D eigenvalue weighted by Gasteiger charge is 2.24. The second kappa shape index (κ2) is 8.77. The topological polar surface area (TPSA) is 61.9 Å². The molecular formula is C20H22ClN3O3. The Morgan fingerprint density at radius 3 is 2.37 bits per heavy atom. The maximum atomic E-state index is 12.3. The Morgan fingerprint density at radius 2 is 1.70 bits per heavy atom. The summed E-state index contributed by atoms with van der Waals surface area (Å²) in [7, 11) is 0. The lowest BCUT2D eigenvalue weighted by Gasteiger charge is -2.34. The molecule has 1 aliphatic heterocycles. The number of carbonyl (C=O) groups excluding carboxylic acids is 2. The number of halogens is 1. The molecule has 0 aromatic heterocycles. The molecule has 1 heterocycles. The van der Waals surface area contributed by atoms with Gasteiger partial charge in [-0.15, -0.1) is 0 Å². The average molecular weight is 388 g/mol. The molecule has 1 aliphatic rings. The summed E-state index contributed by atoms with van der Waals surface area (Å²) < 4.78 is 5.54. The van der Waals surface area contributed by atoms with Crippen LogP contribution in [0.3, 0.4) is 0 Å². The Bertz CT molecular complexity index is 802. The van der Waals surface area contributed by atoms with E-state index in [0.717, 1.165) is 5.56 Å². The zero-order valence-corrected chi connectivity index (χ0v) is 15.9. The highest BCUT2D eigenvalue weighted by molar-refractivity contribution is 6.30. The molecule has 2 aromatic rings. The van der Waals surface area contributed by atoms with E-state index in [1.807, 2.05) is 31.2 Å². The summed E-state index contributed by atoms with van der Waals surface area (Å²) in [6.45, 7) is 3.91. The van der Waals surface area contributed by atoms with E-state index in [1.54, 1.807) is 34.1 Å². The zero-order chi connectivity index (χ0) is 19.2. The first kappa shape index (κ1) is 19.0. The summed E-state index contributed by atoms with van der Waals surface area (Å²) in [5.74, 6) is 0.596. The minimum absolute atomic E-state index is 0.00221. The highest BCUT2D eigenvalue weighted by atomic mass is 35.5. The number of nitrogens with zero attached hydrogens (tertiary/aromatic N) is 2. The molecule has 142 valence electrons. The molecule has 0 radical (unpaired) electrons. The van der Waals surface area contributed by atoms with Crippen LogP contribution >= 0.6 is 11.6 Å². The molecule has 27 heavy (non-hydrogen) atoms. The van der Waals surface area contributed by atoms with E-state index in [0.29, 0.717) is 42.6 Å². The molecule has 0 saturated carbocycles. The van der Waals surface area contributed by atoms with Crippen LogP contribution in [0, 0.1) is 6.92 Å². The Hall–Kier alpha value is -2.73. The molecule has 0 spiro atoms. The third kappa shape index (κ3) is 5.37. The second-order valence-corrected chi connectivity index (χ2v) is 6.85. The molecule has 0 atom stereocenters. The number of aryl methyl sites for hydroxylation is 1. The van der Waals surface area contributed by atoms with Crippen molar-refractivity contribution in [3.8, 4) is 5.75 Å². The summed E-state index contributed by atoms with van der Waals surface area (Å²) in [5.41, 5.74) is 1.79. The van der Waals surface area contributed by atoms with Gasteiger partial charge in [-0.25, -0.2) is 4.79 Å². The minimum atomic E-state index is -0.194. The lowest BCUT2D eigenvalue weighted by atomic mass is 10.2. The van der Waals surface area contributed by atoms with Crippen LogP contribution < -0.4 is 10.1 Å². The van der Waals surface area contributed by atoms with Gasteiger partial charge in [0.2, 0.25) is 0 Å². The van der Waals surface area contributed by atoms with Gasteiger partial charge in [0.05, 0.1) is 0 Å². The van der Waals surface area contributed by atoms with Crippen LogP contribution in [0.2, 0.25) is 5.02 Å². The molecule has 0 unspecified atom stereocenters. The Kier molecular flexibility index (Phi) is 6.19. The van der Waals surface area contributed by atoms with Crippen LogP contribution in [0.5, 0.6) is 5.75 Å². The van der Waals surface area contributed by atoms with Gasteiger partial charge in [-0.2, -0.15) is 0 Å². The number of nitrogens with one attached hydrogen (secondary N) is 1. The van der Waals surface area contributed by atoms with E-state index < -0.39 is 0 Å².